The summed E-state index contributed by atoms with van der Waals surface area (Å²) in [5, 5.41) is 3.87. The zero-order valence-corrected chi connectivity index (χ0v) is 22.3. The molecule has 3 heterocycles. The molecule has 0 radical (unpaired) electrons. The zero-order chi connectivity index (χ0) is 25.4. The van der Waals surface area contributed by atoms with Crippen LogP contribution >= 0.6 is 11.6 Å². The van der Waals surface area contributed by atoms with Crippen molar-refractivity contribution in [3.63, 3.8) is 0 Å². The van der Waals surface area contributed by atoms with E-state index in [1.54, 1.807) is 0 Å². The van der Waals surface area contributed by atoms with Gasteiger partial charge in [-0.15, -0.1) is 0 Å². The van der Waals surface area contributed by atoms with Crippen LogP contribution < -0.4 is 5.32 Å². The summed E-state index contributed by atoms with van der Waals surface area (Å²) in [6.45, 7) is 2.74. The van der Waals surface area contributed by atoms with Crippen molar-refractivity contribution in [1.29, 1.82) is 0 Å². The molecule has 37 heavy (non-hydrogen) atoms. The van der Waals surface area contributed by atoms with E-state index in [4.69, 9.17) is 16.3 Å². The molecule has 3 aliphatic heterocycles. The van der Waals surface area contributed by atoms with Crippen LogP contribution in [0, 0.1) is 17.7 Å². The topological polar surface area (TPSA) is 41.6 Å². The van der Waals surface area contributed by atoms with E-state index in [9.17, 15) is 4.79 Å². The van der Waals surface area contributed by atoms with E-state index >= 15 is 4.39 Å². The summed E-state index contributed by atoms with van der Waals surface area (Å²) >= 11 is 6.25. The number of halogens is 2. The molecule has 1 aliphatic carbocycles. The van der Waals surface area contributed by atoms with Gasteiger partial charge in [0.2, 0.25) is 5.91 Å². The van der Waals surface area contributed by atoms with Gasteiger partial charge in [-0.3, -0.25) is 4.79 Å². The summed E-state index contributed by atoms with van der Waals surface area (Å²) in [5.41, 5.74) is 2.21. The Kier molecular flexibility index (Phi) is 7.30. The Bertz CT molecular complexity index is 1120. The van der Waals surface area contributed by atoms with Gasteiger partial charge in [-0.05, 0) is 67.2 Å². The standard InChI is InChI=1S/C31H38ClFN2O2/c32-25-15-24-12-14-37-20-31(29(24)27(33)17-25)19-34-18-26(31)30(36)35-13-11-23(21-7-3-1-4-8-21)16-28(35)22-9-5-2-6-10-22/h1,3-4,7-8,15,17,22-23,26,28,34H,2,5-6,9-14,16,18-20H2/t23-,26+,28+,31+/m1/s1. The van der Waals surface area contributed by atoms with Gasteiger partial charge in [0.1, 0.15) is 5.82 Å². The average Bonchev–Trinajstić information content (AvgIpc) is 3.25. The van der Waals surface area contributed by atoms with Crippen molar-refractivity contribution >= 4 is 17.5 Å². The molecule has 198 valence electrons. The summed E-state index contributed by atoms with van der Waals surface area (Å²) in [6.07, 6.45) is 8.80. The predicted octanol–water partition coefficient (Wildman–Crippen LogP) is 5.86. The minimum atomic E-state index is -0.703. The largest absolute Gasteiger partial charge is 0.380 e. The fourth-order valence-electron chi connectivity index (χ4n) is 7.85. The van der Waals surface area contributed by atoms with Crippen LogP contribution in [0.25, 0.3) is 0 Å². The highest BCUT2D eigenvalue weighted by Crippen LogP contribution is 2.45. The highest BCUT2D eigenvalue weighted by atomic mass is 35.5. The molecule has 4 aliphatic rings. The van der Waals surface area contributed by atoms with E-state index in [1.165, 1.54) is 43.7 Å². The smallest absolute Gasteiger partial charge is 0.228 e. The number of nitrogens with one attached hydrogen (secondary N) is 1. The normalized spacial score (nSPS) is 30.8. The lowest BCUT2D eigenvalue weighted by Crippen LogP contribution is -2.55. The second kappa shape index (κ2) is 10.7. The number of fused-ring (bicyclic) bond motifs is 2. The molecule has 2 aromatic rings. The number of nitrogens with zero attached hydrogens (tertiary/aromatic N) is 1. The van der Waals surface area contributed by atoms with Crippen LogP contribution in [-0.4, -0.2) is 49.7 Å². The van der Waals surface area contributed by atoms with Gasteiger partial charge in [-0.2, -0.15) is 0 Å². The first-order valence-electron chi connectivity index (χ1n) is 14.2. The Balaban J connectivity index is 1.33. The monoisotopic (exact) mass is 524 g/mol. The van der Waals surface area contributed by atoms with Gasteiger partial charge < -0.3 is 15.0 Å². The zero-order valence-electron chi connectivity index (χ0n) is 21.6. The van der Waals surface area contributed by atoms with Crippen molar-refractivity contribution in [2.75, 3.05) is 32.8 Å². The number of amides is 1. The van der Waals surface area contributed by atoms with Crippen LogP contribution in [0.4, 0.5) is 4.39 Å². The third-order valence-corrected chi connectivity index (χ3v) is 9.88. The quantitative estimate of drug-likeness (QED) is 0.546. The number of piperidine rings is 1. The maximum absolute atomic E-state index is 15.6. The number of carbonyl (C=O) groups excluding carboxylic acids is 1. The second-order valence-corrected chi connectivity index (χ2v) is 12.1. The van der Waals surface area contributed by atoms with E-state index in [-0.39, 0.29) is 23.7 Å². The lowest BCUT2D eigenvalue weighted by molar-refractivity contribution is -0.143. The Hall–Kier alpha value is -1.95. The Morgan fingerprint density at radius 2 is 1.92 bits per heavy atom. The van der Waals surface area contributed by atoms with Crippen LogP contribution in [0.1, 0.15) is 67.6 Å². The first kappa shape index (κ1) is 25.3. The van der Waals surface area contributed by atoms with Gasteiger partial charge in [-0.1, -0.05) is 61.2 Å². The third kappa shape index (κ3) is 4.72. The molecule has 4 atom stereocenters. The number of carbonyl (C=O) groups is 1. The van der Waals surface area contributed by atoms with Crippen LogP contribution in [0.2, 0.25) is 5.02 Å². The van der Waals surface area contributed by atoms with E-state index in [0.29, 0.717) is 55.1 Å². The van der Waals surface area contributed by atoms with Gasteiger partial charge in [0.05, 0.1) is 19.1 Å². The molecule has 1 N–H and O–H groups in total. The van der Waals surface area contributed by atoms with Gasteiger partial charge in [0.15, 0.2) is 0 Å². The van der Waals surface area contributed by atoms with Crippen LogP contribution in [-0.2, 0) is 21.4 Å². The number of hydrogen-bond acceptors (Lipinski definition) is 3. The van der Waals surface area contributed by atoms with Crippen molar-refractivity contribution in [3.8, 4) is 0 Å². The highest BCUT2D eigenvalue weighted by Gasteiger charge is 2.53. The van der Waals surface area contributed by atoms with Crippen molar-refractivity contribution in [2.45, 2.75) is 68.7 Å². The number of benzene rings is 2. The molecule has 2 aromatic carbocycles. The lowest BCUT2D eigenvalue weighted by atomic mass is 9.69. The fraction of sp³-hybridized carbons (Fsp3) is 0.581. The highest BCUT2D eigenvalue weighted by molar-refractivity contribution is 6.30. The molecule has 1 saturated carbocycles. The molecular formula is C31H38ClFN2O2. The molecule has 1 amide bonds. The molecule has 3 fully saturated rings. The fourth-order valence-corrected chi connectivity index (χ4v) is 8.08. The third-order valence-electron chi connectivity index (χ3n) is 9.66. The molecule has 4 nitrogen and oxygen atoms in total. The first-order chi connectivity index (χ1) is 18.1. The van der Waals surface area contributed by atoms with Crippen molar-refractivity contribution in [1.82, 2.24) is 10.2 Å². The van der Waals surface area contributed by atoms with Gasteiger partial charge >= 0.3 is 0 Å². The number of hydrogen-bond donors (Lipinski definition) is 1. The first-order valence-corrected chi connectivity index (χ1v) is 14.6. The van der Waals surface area contributed by atoms with Crippen molar-refractivity contribution in [2.24, 2.45) is 11.8 Å². The molecule has 1 spiro atoms. The van der Waals surface area contributed by atoms with Gasteiger partial charge in [-0.25, -0.2) is 4.39 Å². The molecule has 6 heteroatoms. The van der Waals surface area contributed by atoms with Crippen LogP contribution in [0.3, 0.4) is 0 Å². The summed E-state index contributed by atoms with van der Waals surface area (Å²) in [6, 6.07) is 14.3. The minimum Gasteiger partial charge on any atom is -0.380 e. The van der Waals surface area contributed by atoms with Crippen molar-refractivity contribution in [3.05, 3.63) is 70.0 Å². The van der Waals surface area contributed by atoms with Crippen molar-refractivity contribution < 1.29 is 13.9 Å². The summed E-state index contributed by atoms with van der Waals surface area (Å²) in [7, 11) is 0. The molecule has 6 rings (SSSR count). The minimum absolute atomic E-state index is 0.179. The van der Waals surface area contributed by atoms with Crippen LogP contribution in [0.15, 0.2) is 42.5 Å². The van der Waals surface area contributed by atoms with E-state index < -0.39 is 5.41 Å². The molecule has 0 unspecified atom stereocenters. The number of likely N-dealkylation sites (tertiary alicyclic amines) is 1. The molecule has 2 saturated heterocycles. The van der Waals surface area contributed by atoms with E-state index in [1.807, 2.05) is 6.07 Å². The SMILES string of the molecule is O=C([C@@H]1CNC[C@]12COCCc1cc(Cl)cc(F)c12)N1CC[C@@H](c2ccccc2)C[C@H]1C1CCCCC1. The van der Waals surface area contributed by atoms with E-state index in [0.717, 1.165) is 24.9 Å². The Morgan fingerprint density at radius 3 is 2.73 bits per heavy atom. The Labute approximate surface area is 224 Å². The van der Waals surface area contributed by atoms with Gasteiger partial charge in [0.25, 0.3) is 0 Å². The Morgan fingerprint density at radius 1 is 1.11 bits per heavy atom. The maximum Gasteiger partial charge on any atom is 0.228 e. The average molecular weight is 525 g/mol. The summed E-state index contributed by atoms with van der Waals surface area (Å²) in [5.74, 6) is 0.551. The summed E-state index contributed by atoms with van der Waals surface area (Å²) < 4.78 is 21.7. The lowest BCUT2D eigenvalue weighted by Gasteiger charge is -2.47. The predicted molar refractivity (Wildman–Crippen MR) is 144 cm³/mol. The van der Waals surface area contributed by atoms with Gasteiger partial charge in [0, 0.05) is 41.7 Å². The maximum atomic E-state index is 15.6. The number of ether oxygens (including phenoxy) is 1. The summed E-state index contributed by atoms with van der Waals surface area (Å²) in [4.78, 5) is 16.8. The molecule has 0 bridgehead atoms. The number of rotatable bonds is 3. The second-order valence-electron chi connectivity index (χ2n) is 11.7. The van der Waals surface area contributed by atoms with Crippen LogP contribution in [0.5, 0.6) is 0 Å². The molecule has 0 aromatic heterocycles. The van der Waals surface area contributed by atoms with E-state index in [2.05, 4.69) is 40.5 Å². The molecular weight excluding hydrogens is 487 g/mol.